The topological polar surface area (TPSA) is 57.5 Å². The Kier molecular flexibility index (Phi) is 6.19. The van der Waals surface area contributed by atoms with E-state index < -0.39 is 12.2 Å². The van der Waals surface area contributed by atoms with Crippen LogP contribution < -0.4 is 0 Å². The standard InChI is InChI=1S/C12H15BrO3S/c1-8(14)17-7-11(15)12(16)10-4-2-9(6-13)3-5-10/h2-5,11-12,15-16H,6-7H2,1H3. The lowest BCUT2D eigenvalue weighted by molar-refractivity contribution is -0.109. The van der Waals surface area contributed by atoms with Crippen LogP contribution in [0.5, 0.6) is 0 Å². The molecule has 94 valence electrons. The SMILES string of the molecule is CC(=O)SCC(O)C(O)c1ccc(CBr)cc1. The van der Waals surface area contributed by atoms with Gasteiger partial charge in [-0.15, -0.1) is 0 Å². The number of hydrogen-bond acceptors (Lipinski definition) is 4. The van der Waals surface area contributed by atoms with E-state index in [0.29, 0.717) is 5.56 Å². The molecule has 0 amide bonds. The fraction of sp³-hybridized carbons (Fsp3) is 0.417. The lowest BCUT2D eigenvalue weighted by atomic mass is 10.0. The number of thioether (sulfide) groups is 1. The van der Waals surface area contributed by atoms with E-state index in [4.69, 9.17) is 0 Å². The summed E-state index contributed by atoms with van der Waals surface area (Å²) in [6.45, 7) is 1.44. The van der Waals surface area contributed by atoms with Crippen molar-refractivity contribution < 1.29 is 15.0 Å². The summed E-state index contributed by atoms with van der Waals surface area (Å²) in [5, 5.41) is 20.3. The zero-order valence-electron chi connectivity index (χ0n) is 9.47. The molecule has 1 rings (SSSR count). The van der Waals surface area contributed by atoms with Gasteiger partial charge in [0.15, 0.2) is 5.12 Å². The maximum atomic E-state index is 10.8. The van der Waals surface area contributed by atoms with E-state index in [9.17, 15) is 15.0 Å². The predicted octanol–water partition coefficient (Wildman–Crippen LogP) is 2.26. The number of carbonyl (C=O) groups is 1. The van der Waals surface area contributed by atoms with E-state index in [-0.39, 0.29) is 10.9 Å². The molecule has 0 aromatic heterocycles. The van der Waals surface area contributed by atoms with Gasteiger partial charge in [-0.2, -0.15) is 0 Å². The van der Waals surface area contributed by atoms with E-state index in [1.807, 2.05) is 12.1 Å². The average molecular weight is 319 g/mol. The molecule has 2 atom stereocenters. The fourth-order valence-electron chi connectivity index (χ4n) is 1.32. The largest absolute Gasteiger partial charge is 0.389 e. The van der Waals surface area contributed by atoms with Gasteiger partial charge in [0.1, 0.15) is 6.10 Å². The van der Waals surface area contributed by atoms with Crippen LogP contribution in [0.3, 0.4) is 0 Å². The predicted molar refractivity (Wildman–Crippen MR) is 73.2 cm³/mol. The second-order valence-electron chi connectivity index (χ2n) is 3.69. The minimum atomic E-state index is -0.953. The summed E-state index contributed by atoms with van der Waals surface area (Å²) < 4.78 is 0. The number of benzene rings is 1. The summed E-state index contributed by atoms with van der Waals surface area (Å²) >= 11 is 4.35. The smallest absolute Gasteiger partial charge is 0.185 e. The van der Waals surface area contributed by atoms with E-state index >= 15 is 0 Å². The van der Waals surface area contributed by atoms with Crippen LogP contribution in [0.25, 0.3) is 0 Å². The molecule has 0 aliphatic heterocycles. The Balaban J connectivity index is 2.60. The molecule has 0 aliphatic rings. The van der Waals surface area contributed by atoms with Crippen molar-refractivity contribution in [1.29, 1.82) is 0 Å². The molecule has 0 aliphatic carbocycles. The van der Waals surface area contributed by atoms with Crippen LogP contribution in [0.4, 0.5) is 0 Å². The van der Waals surface area contributed by atoms with Crippen molar-refractivity contribution in [3.05, 3.63) is 35.4 Å². The zero-order chi connectivity index (χ0) is 12.8. The molecule has 0 fully saturated rings. The summed E-state index contributed by atoms with van der Waals surface area (Å²) in [6.07, 6.45) is -1.88. The molecule has 3 nitrogen and oxygen atoms in total. The molecular weight excluding hydrogens is 304 g/mol. The fourth-order valence-corrected chi connectivity index (χ4v) is 2.28. The maximum absolute atomic E-state index is 10.8. The maximum Gasteiger partial charge on any atom is 0.185 e. The first kappa shape index (κ1) is 14.7. The number of aliphatic hydroxyl groups excluding tert-OH is 2. The Morgan fingerprint density at radius 2 is 1.94 bits per heavy atom. The number of carbonyl (C=O) groups excluding carboxylic acids is 1. The molecule has 1 aromatic carbocycles. The second-order valence-corrected chi connectivity index (χ2v) is 5.45. The molecule has 0 bridgehead atoms. The summed E-state index contributed by atoms with van der Waals surface area (Å²) in [5.74, 6) is 0.205. The van der Waals surface area contributed by atoms with Gasteiger partial charge in [0.25, 0.3) is 0 Å². The first-order valence-corrected chi connectivity index (χ1v) is 7.29. The van der Waals surface area contributed by atoms with Gasteiger partial charge in [0, 0.05) is 18.0 Å². The van der Waals surface area contributed by atoms with Crippen LogP contribution >= 0.6 is 27.7 Å². The molecule has 0 heterocycles. The third-order valence-electron chi connectivity index (χ3n) is 2.30. The number of alkyl halides is 1. The van der Waals surface area contributed by atoms with Crippen molar-refractivity contribution in [3.63, 3.8) is 0 Å². The molecule has 5 heteroatoms. The number of hydrogen-bond donors (Lipinski definition) is 2. The molecule has 2 unspecified atom stereocenters. The third-order valence-corrected chi connectivity index (χ3v) is 3.86. The lowest BCUT2D eigenvalue weighted by Crippen LogP contribution is -2.21. The summed E-state index contributed by atoms with van der Waals surface area (Å²) in [4.78, 5) is 10.8. The minimum absolute atomic E-state index is 0.0640. The second kappa shape index (κ2) is 7.16. The van der Waals surface area contributed by atoms with Crippen molar-refractivity contribution in [3.8, 4) is 0 Å². The van der Waals surface area contributed by atoms with E-state index in [1.165, 1.54) is 6.92 Å². The summed E-state index contributed by atoms with van der Waals surface area (Å²) in [6, 6.07) is 7.34. The van der Waals surface area contributed by atoms with Gasteiger partial charge in [-0.3, -0.25) is 4.79 Å². The Morgan fingerprint density at radius 3 is 2.41 bits per heavy atom. The molecule has 17 heavy (non-hydrogen) atoms. The van der Waals surface area contributed by atoms with Crippen molar-refractivity contribution in [2.75, 3.05) is 5.75 Å². The van der Waals surface area contributed by atoms with Gasteiger partial charge in [0.2, 0.25) is 0 Å². The number of halogens is 1. The van der Waals surface area contributed by atoms with Crippen molar-refractivity contribution >= 4 is 32.8 Å². The van der Waals surface area contributed by atoms with Gasteiger partial charge in [-0.1, -0.05) is 52.0 Å². The summed E-state index contributed by atoms with van der Waals surface area (Å²) in [7, 11) is 0. The monoisotopic (exact) mass is 318 g/mol. The van der Waals surface area contributed by atoms with Gasteiger partial charge >= 0.3 is 0 Å². The molecule has 2 N–H and O–H groups in total. The molecule has 0 saturated carbocycles. The molecule has 0 spiro atoms. The number of aliphatic hydroxyl groups is 2. The molecule has 0 radical (unpaired) electrons. The van der Waals surface area contributed by atoms with Gasteiger partial charge in [-0.25, -0.2) is 0 Å². The van der Waals surface area contributed by atoms with Crippen LogP contribution in [0, 0.1) is 0 Å². The first-order chi connectivity index (χ1) is 8.04. The van der Waals surface area contributed by atoms with Crippen molar-refractivity contribution in [1.82, 2.24) is 0 Å². The quantitative estimate of drug-likeness (QED) is 0.818. The van der Waals surface area contributed by atoms with Crippen LogP contribution in [0.2, 0.25) is 0 Å². The highest BCUT2D eigenvalue weighted by atomic mass is 79.9. The van der Waals surface area contributed by atoms with Crippen molar-refractivity contribution in [2.45, 2.75) is 24.5 Å². The van der Waals surface area contributed by atoms with Crippen LogP contribution in [-0.2, 0) is 10.1 Å². The van der Waals surface area contributed by atoms with Gasteiger partial charge in [0.05, 0.1) is 6.10 Å². The van der Waals surface area contributed by atoms with Crippen LogP contribution in [-0.4, -0.2) is 27.2 Å². The molecular formula is C12H15BrO3S. The Hall–Kier alpha value is -0.360. The lowest BCUT2D eigenvalue weighted by Gasteiger charge is -2.17. The molecule has 0 saturated heterocycles. The van der Waals surface area contributed by atoms with Crippen molar-refractivity contribution in [2.24, 2.45) is 0 Å². The Labute approximate surface area is 113 Å². The minimum Gasteiger partial charge on any atom is -0.389 e. The Bertz CT molecular complexity index is 367. The Morgan fingerprint density at radius 1 is 1.35 bits per heavy atom. The highest BCUT2D eigenvalue weighted by molar-refractivity contribution is 9.08. The average Bonchev–Trinajstić information content (AvgIpc) is 2.35. The van der Waals surface area contributed by atoms with Gasteiger partial charge in [-0.05, 0) is 11.1 Å². The highest BCUT2D eigenvalue weighted by Crippen LogP contribution is 2.21. The van der Waals surface area contributed by atoms with Crippen LogP contribution in [0.15, 0.2) is 24.3 Å². The highest BCUT2D eigenvalue weighted by Gasteiger charge is 2.18. The van der Waals surface area contributed by atoms with Gasteiger partial charge < -0.3 is 10.2 Å². The summed E-state index contributed by atoms with van der Waals surface area (Å²) in [5.41, 5.74) is 1.76. The first-order valence-electron chi connectivity index (χ1n) is 5.19. The normalized spacial score (nSPS) is 14.4. The number of rotatable bonds is 5. The zero-order valence-corrected chi connectivity index (χ0v) is 11.9. The molecule has 1 aromatic rings. The van der Waals surface area contributed by atoms with E-state index in [0.717, 1.165) is 22.7 Å². The van der Waals surface area contributed by atoms with E-state index in [2.05, 4.69) is 15.9 Å². The third kappa shape index (κ3) is 4.79. The van der Waals surface area contributed by atoms with Crippen LogP contribution in [0.1, 0.15) is 24.2 Å². The van der Waals surface area contributed by atoms with E-state index in [1.54, 1.807) is 12.1 Å².